The molecule has 2 heterocycles. The van der Waals surface area contributed by atoms with Crippen molar-refractivity contribution in [3.05, 3.63) is 18.0 Å². The molecule has 3 unspecified atom stereocenters. The maximum absolute atomic E-state index is 4.70. The van der Waals surface area contributed by atoms with Gasteiger partial charge in [-0.15, -0.1) is 0 Å². The third kappa shape index (κ3) is 3.32. The molecule has 17 heavy (non-hydrogen) atoms. The molecular formula is C14H25N3. The number of piperidine rings is 1. The summed E-state index contributed by atoms with van der Waals surface area (Å²) in [4.78, 5) is 0. The normalized spacial score (nSPS) is 27.0. The minimum Gasteiger partial charge on any atom is -0.314 e. The van der Waals surface area contributed by atoms with E-state index in [2.05, 4.69) is 43.0 Å². The zero-order valence-electron chi connectivity index (χ0n) is 11.3. The predicted molar refractivity (Wildman–Crippen MR) is 71.1 cm³/mol. The van der Waals surface area contributed by atoms with Gasteiger partial charge in [0.05, 0.1) is 5.69 Å². The van der Waals surface area contributed by atoms with Gasteiger partial charge in [-0.25, -0.2) is 0 Å². The Labute approximate surface area is 105 Å². The van der Waals surface area contributed by atoms with E-state index in [1.165, 1.54) is 18.5 Å². The zero-order chi connectivity index (χ0) is 12.3. The molecule has 0 radical (unpaired) electrons. The number of hydrogen-bond acceptors (Lipinski definition) is 2. The Hall–Kier alpha value is -0.830. The zero-order valence-corrected chi connectivity index (χ0v) is 11.3. The molecule has 0 spiro atoms. The first-order valence-electron chi connectivity index (χ1n) is 6.96. The number of nitrogens with zero attached hydrogens (tertiary/aromatic N) is 2. The van der Waals surface area contributed by atoms with Crippen LogP contribution in [0.4, 0.5) is 0 Å². The molecule has 2 rings (SSSR count). The fourth-order valence-electron chi connectivity index (χ4n) is 2.63. The van der Waals surface area contributed by atoms with Crippen molar-refractivity contribution in [3.8, 4) is 0 Å². The summed E-state index contributed by atoms with van der Waals surface area (Å²) in [7, 11) is 0. The monoisotopic (exact) mass is 235 g/mol. The van der Waals surface area contributed by atoms with Crippen LogP contribution in [0.15, 0.2) is 12.3 Å². The Bertz CT molecular complexity index is 345. The number of hydrogen-bond donors (Lipinski definition) is 1. The Morgan fingerprint density at radius 3 is 3.12 bits per heavy atom. The van der Waals surface area contributed by atoms with Crippen molar-refractivity contribution in [2.75, 3.05) is 6.54 Å². The second-order valence-electron chi connectivity index (χ2n) is 5.49. The van der Waals surface area contributed by atoms with E-state index in [4.69, 9.17) is 5.10 Å². The second-order valence-corrected chi connectivity index (χ2v) is 5.49. The van der Waals surface area contributed by atoms with Gasteiger partial charge in [0.2, 0.25) is 0 Å². The summed E-state index contributed by atoms with van der Waals surface area (Å²) in [6.45, 7) is 7.88. The fourth-order valence-corrected chi connectivity index (χ4v) is 2.63. The van der Waals surface area contributed by atoms with Gasteiger partial charge < -0.3 is 5.32 Å². The van der Waals surface area contributed by atoms with Crippen LogP contribution in [0.2, 0.25) is 0 Å². The van der Waals surface area contributed by atoms with E-state index in [0.29, 0.717) is 12.1 Å². The van der Waals surface area contributed by atoms with Crippen molar-refractivity contribution in [2.24, 2.45) is 5.92 Å². The molecule has 0 bridgehead atoms. The van der Waals surface area contributed by atoms with Gasteiger partial charge in [0, 0.05) is 18.3 Å². The van der Waals surface area contributed by atoms with Crippen molar-refractivity contribution < 1.29 is 0 Å². The van der Waals surface area contributed by atoms with Crippen LogP contribution in [0.3, 0.4) is 0 Å². The highest BCUT2D eigenvalue weighted by atomic mass is 15.3. The van der Waals surface area contributed by atoms with Gasteiger partial charge in [-0.3, -0.25) is 4.68 Å². The van der Waals surface area contributed by atoms with Gasteiger partial charge in [0.25, 0.3) is 0 Å². The van der Waals surface area contributed by atoms with Crippen LogP contribution in [0, 0.1) is 5.92 Å². The van der Waals surface area contributed by atoms with Crippen LogP contribution in [-0.4, -0.2) is 22.4 Å². The maximum Gasteiger partial charge on any atom is 0.0627 e. The quantitative estimate of drug-likeness (QED) is 0.869. The summed E-state index contributed by atoms with van der Waals surface area (Å²) >= 11 is 0. The minimum atomic E-state index is 0.524. The summed E-state index contributed by atoms with van der Waals surface area (Å²) in [5, 5.41) is 8.20. The molecule has 0 aliphatic carbocycles. The van der Waals surface area contributed by atoms with E-state index in [-0.39, 0.29) is 0 Å². The van der Waals surface area contributed by atoms with E-state index in [1.54, 1.807) is 0 Å². The lowest BCUT2D eigenvalue weighted by atomic mass is 9.89. The van der Waals surface area contributed by atoms with E-state index >= 15 is 0 Å². The molecule has 1 N–H and O–H groups in total. The highest BCUT2D eigenvalue weighted by molar-refractivity contribution is 5.01. The molecule has 1 aromatic heterocycles. The molecular weight excluding hydrogens is 210 g/mol. The fraction of sp³-hybridized carbons (Fsp3) is 0.786. The third-order valence-electron chi connectivity index (χ3n) is 3.94. The first-order chi connectivity index (χ1) is 8.19. The van der Waals surface area contributed by atoms with Crippen LogP contribution >= 0.6 is 0 Å². The summed E-state index contributed by atoms with van der Waals surface area (Å²) in [5.74, 6) is 0.812. The van der Waals surface area contributed by atoms with Gasteiger partial charge in [0.15, 0.2) is 0 Å². The molecule has 3 nitrogen and oxygen atoms in total. The number of nitrogens with one attached hydrogen (secondary N) is 1. The Kier molecular flexibility index (Phi) is 4.21. The Morgan fingerprint density at radius 1 is 1.59 bits per heavy atom. The van der Waals surface area contributed by atoms with Gasteiger partial charge in [-0.05, 0) is 58.1 Å². The maximum atomic E-state index is 4.70. The average molecular weight is 235 g/mol. The van der Waals surface area contributed by atoms with Gasteiger partial charge in [0.1, 0.15) is 0 Å². The summed E-state index contributed by atoms with van der Waals surface area (Å²) in [5.41, 5.74) is 1.27. The van der Waals surface area contributed by atoms with E-state index in [0.717, 1.165) is 25.3 Å². The van der Waals surface area contributed by atoms with Gasteiger partial charge >= 0.3 is 0 Å². The molecule has 96 valence electrons. The highest BCUT2D eigenvalue weighted by Crippen LogP contribution is 2.20. The Balaban J connectivity index is 1.92. The molecule has 0 saturated carbocycles. The minimum absolute atomic E-state index is 0.524. The Morgan fingerprint density at radius 2 is 2.41 bits per heavy atom. The van der Waals surface area contributed by atoms with E-state index in [9.17, 15) is 0 Å². The molecule has 0 aromatic carbocycles. The van der Waals surface area contributed by atoms with E-state index in [1.807, 2.05) is 0 Å². The van der Waals surface area contributed by atoms with Crippen molar-refractivity contribution in [3.63, 3.8) is 0 Å². The first kappa shape index (κ1) is 12.6. The van der Waals surface area contributed by atoms with Crippen LogP contribution in [-0.2, 0) is 6.42 Å². The molecule has 3 atom stereocenters. The smallest absolute Gasteiger partial charge is 0.0627 e. The lowest BCUT2D eigenvalue weighted by Crippen LogP contribution is -2.36. The molecule has 3 heteroatoms. The average Bonchev–Trinajstić information content (AvgIpc) is 2.76. The molecule has 0 amide bonds. The van der Waals surface area contributed by atoms with E-state index < -0.39 is 0 Å². The molecule has 1 fully saturated rings. The standard InChI is InChI=1S/C14H25N3/c1-4-12(3)17-8-6-14(16-17)10-13-5-7-15-11(2)9-13/h6,8,11-13,15H,4-5,7,9-10H2,1-3H3. The molecule has 1 aliphatic rings. The van der Waals surface area contributed by atoms with Crippen LogP contribution < -0.4 is 5.32 Å². The largest absolute Gasteiger partial charge is 0.314 e. The summed E-state index contributed by atoms with van der Waals surface area (Å²) in [6.07, 6.45) is 7.01. The van der Waals surface area contributed by atoms with Crippen LogP contribution in [0.1, 0.15) is 51.8 Å². The van der Waals surface area contributed by atoms with Gasteiger partial charge in [-0.1, -0.05) is 6.92 Å². The lowest BCUT2D eigenvalue weighted by molar-refractivity contribution is 0.311. The highest BCUT2D eigenvalue weighted by Gasteiger charge is 2.19. The molecule has 1 saturated heterocycles. The SMILES string of the molecule is CCC(C)n1ccc(CC2CCNC(C)C2)n1. The first-order valence-corrected chi connectivity index (χ1v) is 6.96. The number of aromatic nitrogens is 2. The lowest BCUT2D eigenvalue weighted by Gasteiger charge is -2.27. The molecule has 1 aromatic rings. The topological polar surface area (TPSA) is 29.9 Å². The summed E-state index contributed by atoms with van der Waals surface area (Å²) in [6, 6.07) is 3.39. The van der Waals surface area contributed by atoms with Crippen molar-refractivity contribution >= 4 is 0 Å². The number of rotatable bonds is 4. The second kappa shape index (κ2) is 5.67. The van der Waals surface area contributed by atoms with Crippen molar-refractivity contribution in [1.29, 1.82) is 0 Å². The summed E-state index contributed by atoms with van der Waals surface area (Å²) < 4.78 is 2.11. The van der Waals surface area contributed by atoms with Gasteiger partial charge in [-0.2, -0.15) is 5.10 Å². The van der Waals surface area contributed by atoms with Crippen molar-refractivity contribution in [2.45, 2.75) is 58.5 Å². The van der Waals surface area contributed by atoms with Crippen molar-refractivity contribution in [1.82, 2.24) is 15.1 Å². The third-order valence-corrected chi connectivity index (χ3v) is 3.94. The van der Waals surface area contributed by atoms with Crippen LogP contribution in [0.25, 0.3) is 0 Å². The predicted octanol–water partition coefficient (Wildman–Crippen LogP) is 2.78. The van der Waals surface area contributed by atoms with Crippen LogP contribution in [0.5, 0.6) is 0 Å². The molecule has 1 aliphatic heterocycles.